The Kier molecular flexibility index (Phi) is 3.37. The molecule has 0 spiro atoms. The van der Waals surface area contributed by atoms with E-state index in [1.54, 1.807) is 19.1 Å². The number of hydrogen-bond acceptors (Lipinski definition) is 2. The number of carbonyl (C=O) groups excluding carboxylic acids is 1. The van der Waals surface area contributed by atoms with Crippen molar-refractivity contribution in [3.8, 4) is 0 Å². The fraction of sp³-hybridized carbons (Fsp3) is 0.143. The van der Waals surface area contributed by atoms with E-state index in [2.05, 4.69) is 10.3 Å². The first-order valence-corrected chi connectivity index (χ1v) is 5.79. The van der Waals surface area contributed by atoms with Crippen molar-refractivity contribution in [2.45, 2.75) is 13.8 Å². The van der Waals surface area contributed by atoms with Gasteiger partial charge in [0.25, 0.3) is 5.91 Å². The maximum atomic E-state index is 12.1. The van der Waals surface area contributed by atoms with E-state index in [-0.39, 0.29) is 17.2 Å². The van der Waals surface area contributed by atoms with Crippen molar-refractivity contribution in [1.82, 2.24) is 4.98 Å². The Morgan fingerprint density at radius 2 is 1.89 bits per heavy atom. The van der Waals surface area contributed by atoms with Crippen LogP contribution in [-0.2, 0) is 0 Å². The third-order valence-electron chi connectivity index (χ3n) is 2.93. The summed E-state index contributed by atoms with van der Waals surface area (Å²) in [5, 5.41) is 11.7. The molecule has 19 heavy (non-hydrogen) atoms. The van der Waals surface area contributed by atoms with Crippen molar-refractivity contribution in [3.05, 3.63) is 52.8 Å². The molecule has 0 saturated carbocycles. The van der Waals surface area contributed by atoms with Gasteiger partial charge in [0.15, 0.2) is 0 Å². The first kappa shape index (κ1) is 12.9. The highest BCUT2D eigenvalue weighted by Gasteiger charge is 2.18. The van der Waals surface area contributed by atoms with Gasteiger partial charge in [0.05, 0.1) is 5.69 Å². The number of nitrogens with one attached hydrogen (secondary N) is 2. The van der Waals surface area contributed by atoms with Crippen LogP contribution < -0.4 is 5.32 Å². The van der Waals surface area contributed by atoms with E-state index in [0.717, 1.165) is 5.56 Å². The minimum atomic E-state index is -1.07. The van der Waals surface area contributed by atoms with E-state index in [1.807, 2.05) is 19.1 Å². The van der Waals surface area contributed by atoms with Crippen LogP contribution in [0.4, 0.5) is 5.69 Å². The number of aromatic nitrogens is 1. The predicted molar refractivity (Wildman–Crippen MR) is 71.6 cm³/mol. The Hall–Kier alpha value is -2.56. The second kappa shape index (κ2) is 4.97. The van der Waals surface area contributed by atoms with E-state index in [9.17, 15) is 9.59 Å². The maximum Gasteiger partial charge on any atom is 0.339 e. The minimum Gasteiger partial charge on any atom is -0.478 e. The number of carbonyl (C=O) groups is 2. The third-order valence-corrected chi connectivity index (χ3v) is 2.93. The average Bonchev–Trinajstić information content (AvgIpc) is 2.70. The molecule has 5 heteroatoms. The van der Waals surface area contributed by atoms with Gasteiger partial charge in [-0.05, 0) is 25.5 Å². The SMILES string of the molecule is Cc1ccccc1C(=O)Nc1c[nH]c(C)c1C(=O)O. The molecule has 0 bridgehead atoms. The number of carboxylic acid groups (broad SMARTS) is 1. The van der Waals surface area contributed by atoms with Gasteiger partial charge in [0.2, 0.25) is 0 Å². The highest BCUT2D eigenvalue weighted by atomic mass is 16.4. The number of H-pyrrole nitrogens is 1. The largest absolute Gasteiger partial charge is 0.478 e. The zero-order chi connectivity index (χ0) is 14.0. The standard InChI is InChI=1S/C14H14N2O3/c1-8-5-3-4-6-10(8)13(17)16-11-7-15-9(2)12(11)14(18)19/h3-7,15H,1-2H3,(H,16,17)(H,18,19). The van der Waals surface area contributed by atoms with Crippen LogP contribution in [0.15, 0.2) is 30.5 Å². The number of carboxylic acids is 1. The zero-order valence-electron chi connectivity index (χ0n) is 10.7. The zero-order valence-corrected chi connectivity index (χ0v) is 10.7. The normalized spacial score (nSPS) is 10.2. The summed E-state index contributed by atoms with van der Waals surface area (Å²) in [6.45, 7) is 3.47. The van der Waals surface area contributed by atoms with Crippen LogP contribution in [0.5, 0.6) is 0 Å². The third kappa shape index (κ3) is 2.49. The summed E-state index contributed by atoms with van der Waals surface area (Å²) >= 11 is 0. The number of rotatable bonds is 3. The van der Waals surface area contributed by atoms with E-state index in [1.165, 1.54) is 6.20 Å². The van der Waals surface area contributed by atoms with Gasteiger partial charge in [0.1, 0.15) is 5.56 Å². The molecular formula is C14H14N2O3. The Bertz CT molecular complexity index is 644. The monoisotopic (exact) mass is 258 g/mol. The van der Waals surface area contributed by atoms with Crippen molar-refractivity contribution in [1.29, 1.82) is 0 Å². The molecule has 1 amide bonds. The molecule has 98 valence electrons. The minimum absolute atomic E-state index is 0.0851. The summed E-state index contributed by atoms with van der Waals surface area (Å²) in [4.78, 5) is 26.0. The van der Waals surface area contributed by atoms with Gasteiger partial charge in [-0.1, -0.05) is 18.2 Å². The van der Waals surface area contributed by atoms with Gasteiger partial charge in [-0.25, -0.2) is 4.79 Å². The Morgan fingerprint density at radius 3 is 2.53 bits per heavy atom. The first-order chi connectivity index (χ1) is 9.00. The fourth-order valence-electron chi connectivity index (χ4n) is 1.92. The van der Waals surface area contributed by atoms with E-state index < -0.39 is 5.97 Å². The molecular weight excluding hydrogens is 244 g/mol. The van der Waals surface area contributed by atoms with Crippen molar-refractivity contribution in [2.24, 2.45) is 0 Å². The van der Waals surface area contributed by atoms with Crippen LogP contribution in [0.2, 0.25) is 0 Å². The number of benzene rings is 1. The fourth-order valence-corrected chi connectivity index (χ4v) is 1.92. The molecule has 1 aromatic carbocycles. The molecule has 3 N–H and O–H groups in total. The smallest absolute Gasteiger partial charge is 0.339 e. The molecule has 1 aromatic heterocycles. The number of aromatic amines is 1. The Morgan fingerprint density at radius 1 is 1.21 bits per heavy atom. The molecule has 0 aliphatic heterocycles. The molecule has 1 heterocycles. The molecule has 0 atom stereocenters. The summed E-state index contributed by atoms with van der Waals surface area (Å²) in [7, 11) is 0. The lowest BCUT2D eigenvalue weighted by Gasteiger charge is -2.07. The van der Waals surface area contributed by atoms with Crippen LogP contribution in [-0.4, -0.2) is 22.0 Å². The van der Waals surface area contributed by atoms with E-state index >= 15 is 0 Å². The number of aryl methyl sites for hydroxylation is 2. The number of aromatic carboxylic acids is 1. The van der Waals surface area contributed by atoms with Crippen LogP contribution in [0.1, 0.15) is 32.0 Å². The molecule has 2 rings (SSSR count). The van der Waals surface area contributed by atoms with Gasteiger partial charge in [-0.15, -0.1) is 0 Å². The lowest BCUT2D eigenvalue weighted by Crippen LogP contribution is -2.15. The molecule has 0 fully saturated rings. The lowest BCUT2D eigenvalue weighted by atomic mass is 10.1. The van der Waals surface area contributed by atoms with E-state index in [0.29, 0.717) is 11.3 Å². The second-order valence-electron chi connectivity index (χ2n) is 4.28. The highest BCUT2D eigenvalue weighted by molar-refractivity contribution is 6.08. The summed E-state index contributed by atoms with van der Waals surface area (Å²) < 4.78 is 0. The van der Waals surface area contributed by atoms with Gasteiger partial charge < -0.3 is 15.4 Å². The van der Waals surface area contributed by atoms with Crippen LogP contribution >= 0.6 is 0 Å². The van der Waals surface area contributed by atoms with Gasteiger partial charge >= 0.3 is 5.97 Å². The van der Waals surface area contributed by atoms with Crippen molar-refractivity contribution in [3.63, 3.8) is 0 Å². The maximum absolute atomic E-state index is 12.1. The van der Waals surface area contributed by atoms with Gasteiger partial charge in [-0.2, -0.15) is 0 Å². The Labute approximate surface area is 110 Å². The predicted octanol–water partition coefficient (Wildman–Crippen LogP) is 2.58. The van der Waals surface area contributed by atoms with Crippen LogP contribution in [0.3, 0.4) is 0 Å². The van der Waals surface area contributed by atoms with Crippen molar-refractivity contribution < 1.29 is 14.7 Å². The topological polar surface area (TPSA) is 82.2 Å². The lowest BCUT2D eigenvalue weighted by molar-refractivity contribution is 0.0697. The molecule has 0 aliphatic rings. The van der Waals surface area contributed by atoms with Crippen molar-refractivity contribution >= 4 is 17.6 Å². The average molecular weight is 258 g/mol. The van der Waals surface area contributed by atoms with Crippen LogP contribution in [0.25, 0.3) is 0 Å². The summed E-state index contributed by atoms with van der Waals surface area (Å²) in [5.41, 5.74) is 2.23. The van der Waals surface area contributed by atoms with Crippen LogP contribution in [0, 0.1) is 13.8 Å². The molecule has 5 nitrogen and oxygen atoms in total. The quantitative estimate of drug-likeness (QED) is 0.791. The van der Waals surface area contributed by atoms with Crippen molar-refractivity contribution in [2.75, 3.05) is 5.32 Å². The summed E-state index contributed by atoms with van der Waals surface area (Å²) in [5.74, 6) is -1.39. The number of anilines is 1. The molecule has 0 unspecified atom stereocenters. The molecule has 0 radical (unpaired) electrons. The number of hydrogen-bond donors (Lipinski definition) is 3. The van der Waals surface area contributed by atoms with Gasteiger partial charge in [0, 0.05) is 17.5 Å². The second-order valence-corrected chi connectivity index (χ2v) is 4.28. The van der Waals surface area contributed by atoms with E-state index in [4.69, 9.17) is 5.11 Å². The van der Waals surface area contributed by atoms with Gasteiger partial charge in [-0.3, -0.25) is 4.79 Å². The summed E-state index contributed by atoms with van der Waals surface area (Å²) in [6, 6.07) is 7.14. The molecule has 0 saturated heterocycles. The Balaban J connectivity index is 2.30. The molecule has 2 aromatic rings. The molecule has 0 aliphatic carbocycles. The highest BCUT2D eigenvalue weighted by Crippen LogP contribution is 2.20. The number of amides is 1. The first-order valence-electron chi connectivity index (χ1n) is 5.79. The summed E-state index contributed by atoms with van der Waals surface area (Å²) in [6.07, 6.45) is 1.48.